The van der Waals surface area contributed by atoms with Crippen LogP contribution in [0.3, 0.4) is 0 Å². The summed E-state index contributed by atoms with van der Waals surface area (Å²) in [6.07, 6.45) is -5.04. The van der Waals surface area contributed by atoms with Crippen LogP contribution in [0.4, 0.5) is 18.9 Å². The van der Waals surface area contributed by atoms with E-state index in [9.17, 15) is 22.8 Å². The zero-order valence-corrected chi connectivity index (χ0v) is 18.3. The number of anilines is 1. The number of methoxy groups -OCH3 is 1. The van der Waals surface area contributed by atoms with Crippen LogP contribution in [0.1, 0.15) is 21.5 Å². The first-order valence-corrected chi connectivity index (χ1v) is 10.3. The average Bonchev–Trinajstić information content (AvgIpc) is 3.17. The molecule has 0 spiro atoms. The van der Waals surface area contributed by atoms with Crippen molar-refractivity contribution in [3.05, 3.63) is 83.4 Å². The predicted molar refractivity (Wildman–Crippen MR) is 121 cm³/mol. The van der Waals surface area contributed by atoms with E-state index in [1.807, 2.05) is 41.1 Å². The minimum Gasteiger partial charge on any atom is -0.465 e. The first kappa shape index (κ1) is 23.0. The third-order valence-electron chi connectivity index (χ3n) is 5.30. The maximum atomic E-state index is 12.9. The molecule has 1 aromatic heterocycles. The Morgan fingerprint density at radius 1 is 1.03 bits per heavy atom. The molecule has 6 nitrogen and oxygen atoms in total. The number of fused-ring (bicyclic) bond motifs is 1. The number of hydrogen-bond donors (Lipinski definition) is 1. The molecule has 4 aromatic rings. The summed E-state index contributed by atoms with van der Waals surface area (Å²) in [4.78, 5) is 28.3. The third-order valence-corrected chi connectivity index (χ3v) is 5.30. The van der Waals surface area contributed by atoms with Gasteiger partial charge < -0.3 is 14.6 Å². The van der Waals surface area contributed by atoms with Crippen LogP contribution < -0.4 is 5.32 Å². The molecular formula is C25H20F3N3O3. The third kappa shape index (κ3) is 4.63. The highest BCUT2D eigenvalue weighted by Gasteiger charge is 2.39. The van der Waals surface area contributed by atoms with Crippen molar-refractivity contribution >= 4 is 28.6 Å². The fraction of sp³-hybridized carbons (Fsp3) is 0.160. The number of para-hydroxylation sites is 1. The zero-order chi connectivity index (χ0) is 24.5. The number of hydrogen-bond acceptors (Lipinski definition) is 4. The van der Waals surface area contributed by atoms with Crippen LogP contribution in [-0.2, 0) is 16.1 Å². The molecular weight excluding hydrogens is 447 g/mol. The molecule has 0 atom stereocenters. The number of amides is 1. The molecule has 34 heavy (non-hydrogen) atoms. The largest absolute Gasteiger partial charge is 0.471 e. The van der Waals surface area contributed by atoms with E-state index in [0.717, 1.165) is 11.1 Å². The monoisotopic (exact) mass is 467 g/mol. The standard InChI is InChI=1S/C25H20F3N3O3/c1-15-7-9-16(10-8-15)14-31-21-12-11-17(23(32)34-2)13-20(21)29-22(31)18-5-3-4-6-19(18)30-24(33)25(26,27)28/h3-13H,14H2,1-2H3,(H,30,33). The second-order valence-electron chi connectivity index (χ2n) is 7.70. The maximum absolute atomic E-state index is 12.9. The SMILES string of the molecule is COC(=O)c1ccc2c(c1)nc(-c1ccccc1NC(=O)C(F)(F)F)n2Cc1ccc(C)cc1. The number of esters is 1. The summed E-state index contributed by atoms with van der Waals surface area (Å²) in [5.41, 5.74) is 3.73. The number of ether oxygens (including phenoxy) is 1. The molecule has 0 fully saturated rings. The molecule has 0 unspecified atom stereocenters. The van der Waals surface area contributed by atoms with Crippen LogP contribution in [0, 0.1) is 6.92 Å². The van der Waals surface area contributed by atoms with Crippen LogP contribution in [0.25, 0.3) is 22.4 Å². The first-order valence-electron chi connectivity index (χ1n) is 10.3. The minimum atomic E-state index is -5.04. The van der Waals surface area contributed by atoms with Crippen molar-refractivity contribution in [3.8, 4) is 11.4 Å². The van der Waals surface area contributed by atoms with Crippen molar-refractivity contribution in [1.29, 1.82) is 0 Å². The highest BCUT2D eigenvalue weighted by Crippen LogP contribution is 2.32. The van der Waals surface area contributed by atoms with Gasteiger partial charge >= 0.3 is 18.1 Å². The fourth-order valence-electron chi connectivity index (χ4n) is 3.60. The number of aryl methyl sites for hydroxylation is 1. The van der Waals surface area contributed by atoms with Crippen LogP contribution >= 0.6 is 0 Å². The molecule has 1 amide bonds. The summed E-state index contributed by atoms with van der Waals surface area (Å²) in [5, 5.41) is 1.94. The molecule has 174 valence electrons. The van der Waals surface area contributed by atoms with Gasteiger partial charge in [-0.05, 0) is 42.8 Å². The van der Waals surface area contributed by atoms with Crippen molar-refractivity contribution < 1.29 is 27.5 Å². The lowest BCUT2D eigenvalue weighted by atomic mass is 10.1. The van der Waals surface area contributed by atoms with Gasteiger partial charge in [-0.2, -0.15) is 13.2 Å². The molecule has 0 aliphatic carbocycles. The summed E-state index contributed by atoms with van der Waals surface area (Å²) in [6, 6.07) is 18.8. The van der Waals surface area contributed by atoms with Gasteiger partial charge in [0.1, 0.15) is 5.82 Å². The lowest BCUT2D eigenvalue weighted by Gasteiger charge is -2.14. The van der Waals surface area contributed by atoms with Crippen LogP contribution in [-0.4, -0.2) is 34.7 Å². The zero-order valence-electron chi connectivity index (χ0n) is 18.3. The molecule has 1 heterocycles. The molecule has 0 saturated carbocycles. The quantitative estimate of drug-likeness (QED) is 0.402. The summed E-state index contributed by atoms with van der Waals surface area (Å²) >= 11 is 0. The lowest BCUT2D eigenvalue weighted by molar-refractivity contribution is -0.167. The molecule has 4 rings (SSSR count). The number of benzene rings is 3. The van der Waals surface area contributed by atoms with Gasteiger partial charge in [-0.1, -0.05) is 42.0 Å². The number of nitrogens with zero attached hydrogens (tertiary/aromatic N) is 2. The summed E-state index contributed by atoms with van der Waals surface area (Å²) in [5.74, 6) is -2.26. The van der Waals surface area contributed by atoms with Crippen LogP contribution in [0.5, 0.6) is 0 Å². The van der Waals surface area contributed by atoms with E-state index < -0.39 is 18.1 Å². The Morgan fingerprint density at radius 2 is 1.74 bits per heavy atom. The predicted octanol–water partition coefficient (Wildman–Crippen LogP) is 5.35. The Kier molecular flexibility index (Phi) is 6.10. The molecule has 0 aliphatic rings. The van der Waals surface area contributed by atoms with Gasteiger partial charge in [0.05, 0.1) is 29.4 Å². The number of nitrogens with one attached hydrogen (secondary N) is 1. The van der Waals surface area contributed by atoms with Gasteiger partial charge in [-0.3, -0.25) is 4.79 Å². The molecule has 0 saturated heterocycles. The van der Waals surface area contributed by atoms with Crippen LogP contribution in [0.2, 0.25) is 0 Å². The Hall–Kier alpha value is -4.14. The summed E-state index contributed by atoms with van der Waals surface area (Å²) < 4.78 is 45.4. The summed E-state index contributed by atoms with van der Waals surface area (Å²) in [6.45, 7) is 2.33. The smallest absolute Gasteiger partial charge is 0.465 e. The number of imidazole rings is 1. The molecule has 0 bridgehead atoms. The first-order chi connectivity index (χ1) is 16.2. The number of halogens is 3. The Balaban J connectivity index is 1.88. The molecule has 1 N–H and O–H groups in total. The summed E-state index contributed by atoms with van der Waals surface area (Å²) in [7, 11) is 1.27. The van der Waals surface area contributed by atoms with E-state index in [2.05, 4.69) is 4.98 Å². The molecule has 3 aromatic carbocycles. The molecule has 0 aliphatic heterocycles. The second kappa shape index (κ2) is 9.01. The highest BCUT2D eigenvalue weighted by atomic mass is 19.4. The Morgan fingerprint density at radius 3 is 2.41 bits per heavy atom. The number of aromatic nitrogens is 2. The average molecular weight is 467 g/mol. The van der Waals surface area contributed by atoms with Crippen molar-refractivity contribution in [2.45, 2.75) is 19.6 Å². The number of carbonyl (C=O) groups excluding carboxylic acids is 2. The Bertz CT molecular complexity index is 1380. The topological polar surface area (TPSA) is 73.2 Å². The fourth-order valence-corrected chi connectivity index (χ4v) is 3.60. The number of alkyl halides is 3. The van der Waals surface area contributed by atoms with Gasteiger partial charge in [-0.15, -0.1) is 0 Å². The van der Waals surface area contributed by atoms with Crippen LogP contribution in [0.15, 0.2) is 66.7 Å². The molecule has 9 heteroatoms. The lowest BCUT2D eigenvalue weighted by Crippen LogP contribution is -2.30. The van der Waals surface area contributed by atoms with Crippen molar-refractivity contribution in [1.82, 2.24) is 9.55 Å². The van der Waals surface area contributed by atoms with E-state index in [1.165, 1.54) is 19.2 Å². The van der Waals surface area contributed by atoms with E-state index in [-0.39, 0.29) is 5.69 Å². The van der Waals surface area contributed by atoms with Gasteiger partial charge in [0.25, 0.3) is 0 Å². The minimum absolute atomic E-state index is 0.0292. The van der Waals surface area contributed by atoms with Gasteiger partial charge in [0.15, 0.2) is 0 Å². The highest BCUT2D eigenvalue weighted by molar-refractivity contribution is 5.99. The van der Waals surface area contributed by atoms with Crippen molar-refractivity contribution in [3.63, 3.8) is 0 Å². The van der Waals surface area contributed by atoms with Gasteiger partial charge in [0.2, 0.25) is 0 Å². The van der Waals surface area contributed by atoms with Gasteiger partial charge in [0, 0.05) is 12.1 Å². The van der Waals surface area contributed by atoms with Gasteiger partial charge in [-0.25, -0.2) is 9.78 Å². The van der Waals surface area contributed by atoms with E-state index in [0.29, 0.717) is 34.5 Å². The maximum Gasteiger partial charge on any atom is 0.471 e. The normalized spacial score (nSPS) is 11.4. The number of carbonyl (C=O) groups is 2. The molecule has 0 radical (unpaired) electrons. The number of rotatable bonds is 5. The van der Waals surface area contributed by atoms with Crippen molar-refractivity contribution in [2.24, 2.45) is 0 Å². The second-order valence-corrected chi connectivity index (χ2v) is 7.70. The Labute approximate surface area is 193 Å². The van der Waals surface area contributed by atoms with Crippen molar-refractivity contribution in [2.75, 3.05) is 12.4 Å². The van der Waals surface area contributed by atoms with E-state index in [4.69, 9.17) is 4.74 Å². The van der Waals surface area contributed by atoms with E-state index in [1.54, 1.807) is 30.3 Å². The van der Waals surface area contributed by atoms with E-state index >= 15 is 0 Å².